The van der Waals surface area contributed by atoms with Crippen molar-refractivity contribution in [2.45, 2.75) is 45.6 Å². The lowest BCUT2D eigenvalue weighted by Gasteiger charge is -2.25. The SMILES string of the molecule is Cc1ccc2c(c1)CCC(C(=O)Nc1c(C(N)=O)n[nH]c1C(C)C)O2. The van der Waals surface area contributed by atoms with Crippen molar-refractivity contribution in [3.8, 4) is 5.75 Å². The fraction of sp³-hybridized carbons (Fsp3) is 0.389. The van der Waals surface area contributed by atoms with Gasteiger partial charge in [-0.25, -0.2) is 0 Å². The van der Waals surface area contributed by atoms with Crippen molar-refractivity contribution in [3.63, 3.8) is 0 Å². The Morgan fingerprint density at radius 3 is 2.84 bits per heavy atom. The highest BCUT2D eigenvalue weighted by Gasteiger charge is 2.29. The van der Waals surface area contributed by atoms with E-state index in [4.69, 9.17) is 10.5 Å². The number of nitrogens with two attached hydrogens (primary N) is 1. The number of hydrogen-bond donors (Lipinski definition) is 3. The molecule has 0 aliphatic carbocycles. The van der Waals surface area contributed by atoms with E-state index in [9.17, 15) is 9.59 Å². The lowest BCUT2D eigenvalue weighted by Crippen LogP contribution is -2.36. The van der Waals surface area contributed by atoms with E-state index in [0.29, 0.717) is 17.8 Å². The second-order valence-electron chi connectivity index (χ2n) is 6.63. The Morgan fingerprint density at radius 2 is 2.16 bits per heavy atom. The van der Waals surface area contributed by atoms with Crippen LogP contribution in [0.2, 0.25) is 0 Å². The second kappa shape index (κ2) is 6.58. The number of nitrogens with one attached hydrogen (secondary N) is 2. The highest BCUT2D eigenvalue weighted by atomic mass is 16.5. The number of nitrogens with zero attached hydrogens (tertiary/aromatic N) is 1. The van der Waals surface area contributed by atoms with Gasteiger partial charge in [0.15, 0.2) is 11.8 Å². The summed E-state index contributed by atoms with van der Waals surface area (Å²) in [5.74, 6) is -0.226. The molecule has 2 amide bonds. The first-order chi connectivity index (χ1) is 11.9. The molecule has 2 heterocycles. The normalized spacial score (nSPS) is 16.2. The number of hydrogen-bond acceptors (Lipinski definition) is 4. The predicted molar refractivity (Wildman–Crippen MR) is 93.7 cm³/mol. The maximum atomic E-state index is 12.7. The maximum absolute atomic E-state index is 12.7. The maximum Gasteiger partial charge on any atom is 0.271 e. The zero-order chi connectivity index (χ0) is 18.1. The molecule has 0 fully saturated rings. The molecule has 0 radical (unpaired) electrons. The van der Waals surface area contributed by atoms with Crippen LogP contribution in [0.25, 0.3) is 0 Å². The molecule has 7 heteroatoms. The summed E-state index contributed by atoms with van der Waals surface area (Å²) < 4.78 is 5.84. The third kappa shape index (κ3) is 3.35. The van der Waals surface area contributed by atoms with Crippen molar-refractivity contribution in [3.05, 3.63) is 40.7 Å². The van der Waals surface area contributed by atoms with E-state index in [1.54, 1.807) is 0 Å². The third-order valence-corrected chi connectivity index (χ3v) is 4.31. The Balaban J connectivity index is 1.80. The Labute approximate surface area is 145 Å². The zero-order valence-electron chi connectivity index (χ0n) is 14.6. The number of ether oxygens (including phenoxy) is 1. The molecule has 1 aromatic carbocycles. The molecule has 0 saturated heterocycles. The number of anilines is 1. The van der Waals surface area contributed by atoms with Crippen LogP contribution in [0.3, 0.4) is 0 Å². The largest absolute Gasteiger partial charge is 0.480 e. The molecule has 0 saturated carbocycles. The van der Waals surface area contributed by atoms with E-state index >= 15 is 0 Å². The Bertz CT molecular complexity index is 826. The number of rotatable bonds is 4. The summed E-state index contributed by atoms with van der Waals surface area (Å²) in [6.07, 6.45) is 0.717. The predicted octanol–water partition coefficient (Wildman–Crippen LogP) is 2.27. The molecule has 25 heavy (non-hydrogen) atoms. The molecule has 1 aliphatic rings. The summed E-state index contributed by atoms with van der Waals surface area (Å²) >= 11 is 0. The number of carbonyl (C=O) groups is 2. The number of aromatic nitrogens is 2. The highest BCUT2D eigenvalue weighted by molar-refractivity contribution is 6.03. The number of aryl methyl sites for hydroxylation is 2. The molecular weight excluding hydrogens is 320 g/mol. The monoisotopic (exact) mass is 342 g/mol. The minimum absolute atomic E-state index is 0.0314. The van der Waals surface area contributed by atoms with Crippen molar-refractivity contribution in [1.82, 2.24) is 10.2 Å². The molecule has 7 nitrogen and oxygen atoms in total. The molecule has 0 spiro atoms. The van der Waals surface area contributed by atoms with Crippen LogP contribution in [0.1, 0.15) is 53.5 Å². The fourth-order valence-corrected chi connectivity index (χ4v) is 2.98. The van der Waals surface area contributed by atoms with Gasteiger partial charge < -0.3 is 15.8 Å². The van der Waals surface area contributed by atoms with Crippen molar-refractivity contribution in [2.75, 3.05) is 5.32 Å². The average molecular weight is 342 g/mol. The summed E-state index contributed by atoms with van der Waals surface area (Å²) in [4.78, 5) is 24.2. The topological polar surface area (TPSA) is 110 Å². The Kier molecular flexibility index (Phi) is 4.48. The molecule has 4 N–H and O–H groups in total. The molecule has 1 aromatic heterocycles. The van der Waals surface area contributed by atoms with E-state index in [1.807, 2.05) is 32.9 Å². The lowest BCUT2D eigenvalue weighted by atomic mass is 10.00. The van der Waals surface area contributed by atoms with Gasteiger partial charge in [0.1, 0.15) is 5.75 Å². The molecule has 1 unspecified atom stereocenters. The summed E-state index contributed by atoms with van der Waals surface area (Å²) in [6, 6.07) is 5.91. The van der Waals surface area contributed by atoms with Crippen LogP contribution in [0, 0.1) is 6.92 Å². The van der Waals surface area contributed by atoms with Crippen LogP contribution in [0.15, 0.2) is 18.2 Å². The van der Waals surface area contributed by atoms with Gasteiger partial charge in [-0.05, 0) is 37.3 Å². The second-order valence-corrected chi connectivity index (χ2v) is 6.63. The first-order valence-electron chi connectivity index (χ1n) is 8.32. The Morgan fingerprint density at radius 1 is 1.40 bits per heavy atom. The van der Waals surface area contributed by atoms with Gasteiger partial charge >= 0.3 is 0 Å². The van der Waals surface area contributed by atoms with Crippen LogP contribution in [-0.4, -0.2) is 28.1 Å². The quantitative estimate of drug-likeness (QED) is 0.791. The van der Waals surface area contributed by atoms with Gasteiger partial charge in [-0.2, -0.15) is 5.10 Å². The summed E-state index contributed by atoms with van der Waals surface area (Å²) in [5, 5.41) is 9.48. The number of amides is 2. The molecule has 1 aliphatic heterocycles. The summed E-state index contributed by atoms with van der Waals surface area (Å²) in [6.45, 7) is 5.89. The molecule has 132 valence electrons. The van der Waals surface area contributed by atoms with Crippen molar-refractivity contribution >= 4 is 17.5 Å². The van der Waals surface area contributed by atoms with E-state index < -0.39 is 12.0 Å². The van der Waals surface area contributed by atoms with E-state index in [0.717, 1.165) is 23.3 Å². The molecule has 1 atom stereocenters. The van der Waals surface area contributed by atoms with Gasteiger partial charge in [0.2, 0.25) is 0 Å². The fourth-order valence-electron chi connectivity index (χ4n) is 2.98. The van der Waals surface area contributed by atoms with E-state index in [-0.39, 0.29) is 17.5 Å². The van der Waals surface area contributed by atoms with Crippen LogP contribution < -0.4 is 15.8 Å². The zero-order valence-corrected chi connectivity index (χ0v) is 14.6. The van der Waals surface area contributed by atoms with E-state index in [1.165, 1.54) is 0 Å². The summed E-state index contributed by atoms with van der Waals surface area (Å²) in [7, 11) is 0. The van der Waals surface area contributed by atoms with Crippen LogP contribution in [0.4, 0.5) is 5.69 Å². The van der Waals surface area contributed by atoms with Gasteiger partial charge in [0, 0.05) is 0 Å². The van der Waals surface area contributed by atoms with Crippen LogP contribution >= 0.6 is 0 Å². The lowest BCUT2D eigenvalue weighted by molar-refractivity contribution is -0.123. The Hall–Kier alpha value is -2.83. The summed E-state index contributed by atoms with van der Waals surface area (Å²) in [5.41, 5.74) is 8.65. The van der Waals surface area contributed by atoms with Gasteiger partial charge in [0.05, 0.1) is 11.4 Å². The van der Waals surface area contributed by atoms with Crippen molar-refractivity contribution in [1.29, 1.82) is 0 Å². The standard InChI is InChI=1S/C18H22N4O3/c1-9(2)14-15(16(17(19)23)22-21-14)20-18(24)13-7-5-11-8-10(3)4-6-12(11)25-13/h4,6,8-9,13H,5,7H2,1-3H3,(H2,19,23)(H,20,24)(H,21,22). The van der Waals surface area contributed by atoms with Gasteiger partial charge in [-0.3, -0.25) is 14.7 Å². The minimum Gasteiger partial charge on any atom is -0.480 e. The number of primary amides is 1. The number of H-pyrrole nitrogens is 1. The van der Waals surface area contributed by atoms with Crippen LogP contribution in [0.5, 0.6) is 5.75 Å². The first kappa shape index (κ1) is 17.0. The smallest absolute Gasteiger partial charge is 0.271 e. The number of carbonyl (C=O) groups excluding carboxylic acids is 2. The van der Waals surface area contributed by atoms with Crippen molar-refractivity contribution < 1.29 is 14.3 Å². The highest BCUT2D eigenvalue weighted by Crippen LogP contribution is 2.30. The molecular formula is C18H22N4O3. The molecule has 2 aromatic rings. The van der Waals surface area contributed by atoms with Gasteiger partial charge in [-0.1, -0.05) is 31.5 Å². The number of aromatic amines is 1. The number of benzene rings is 1. The van der Waals surface area contributed by atoms with Crippen molar-refractivity contribution in [2.24, 2.45) is 5.73 Å². The van der Waals surface area contributed by atoms with Gasteiger partial charge in [0.25, 0.3) is 11.8 Å². The third-order valence-electron chi connectivity index (χ3n) is 4.31. The first-order valence-corrected chi connectivity index (χ1v) is 8.32. The van der Waals surface area contributed by atoms with Crippen LogP contribution in [-0.2, 0) is 11.2 Å². The molecule has 0 bridgehead atoms. The minimum atomic E-state index is -0.691. The van der Waals surface area contributed by atoms with Gasteiger partial charge in [-0.15, -0.1) is 0 Å². The average Bonchev–Trinajstić information content (AvgIpc) is 2.98. The van der Waals surface area contributed by atoms with E-state index in [2.05, 4.69) is 21.6 Å². The number of fused-ring (bicyclic) bond motifs is 1. The molecule has 3 rings (SSSR count).